The van der Waals surface area contributed by atoms with E-state index < -0.39 is 11.9 Å². The molecule has 4 nitrogen and oxygen atoms in total. The van der Waals surface area contributed by atoms with E-state index in [0.717, 1.165) is 11.1 Å². The van der Waals surface area contributed by atoms with Crippen LogP contribution in [0.4, 0.5) is 10.2 Å². The van der Waals surface area contributed by atoms with Gasteiger partial charge in [-0.15, -0.1) is 0 Å². The number of carboxylic acid groups (broad SMARTS) is 1. The van der Waals surface area contributed by atoms with Crippen LogP contribution in [0, 0.1) is 18.7 Å². The zero-order valence-corrected chi connectivity index (χ0v) is 12.7. The highest BCUT2D eigenvalue weighted by Gasteiger charge is 2.18. The first-order valence-corrected chi connectivity index (χ1v) is 7.10. The van der Waals surface area contributed by atoms with E-state index in [4.69, 9.17) is 5.11 Å². The third-order valence-corrected chi connectivity index (χ3v) is 3.40. The summed E-state index contributed by atoms with van der Waals surface area (Å²) in [6.45, 7) is 4.30. The van der Waals surface area contributed by atoms with E-state index in [1.807, 2.05) is 30.0 Å². The summed E-state index contributed by atoms with van der Waals surface area (Å²) in [5.41, 5.74) is 1.81. The lowest BCUT2D eigenvalue weighted by atomic mass is 10.1. The lowest BCUT2D eigenvalue weighted by molar-refractivity contribution is -0.140. The Bertz CT molecular complexity index is 643. The number of pyridine rings is 1. The second-order valence-electron chi connectivity index (χ2n) is 5.44. The third kappa shape index (κ3) is 4.28. The standard InChI is InChI=1S/C17H19FN2O2/c1-12-6-7-16(19-9-12)20(10-13(2)17(21)22)11-14-4-3-5-15(18)8-14/h3-9,13H,10-11H2,1-2H3,(H,21,22). The summed E-state index contributed by atoms with van der Waals surface area (Å²) in [6.07, 6.45) is 1.74. The van der Waals surface area contributed by atoms with Gasteiger partial charge in [-0.1, -0.05) is 25.1 Å². The number of aromatic nitrogens is 1. The zero-order valence-electron chi connectivity index (χ0n) is 12.7. The summed E-state index contributed by atoms with van der Waals surface area (Å²) in [6, 6.07) is 10.1. The second kappa shape index (κ2) is 7.02. The number of hydrogen-bond acceptors (Lipinski definition) is 3. The largest absolute Gasteiger partial charge is 0.481 e. The van der Waals surface area contributed by atoms with Gasteiger partial charge in [0.25, 0.3) is 0 Å². The summed E-state index contributed by atoms with van der Waals surface area (Å²) >= 11 is 0. The molecule has 5 heteroatoms. The minimum absolute atomic E-state index is 0.305. The Balaban J connectivity index is 2.24. The van der Waals surface area contributed by atoms with Gasteiger partial charge >= 0.3 is 5.97 Å². The summed E-state index contributed by atoms with van der Waals surface area (Å²) in [7, 11) is 0. The number of halogens is 1. The van der Waals surface area contributed by atoms with Gasteiger partial charge in [0.15, 0.2) is 0 Å². The lowest BCUT2D eigenvalue weighted by Gasteiger charge is -2.25. The van der Waals surface area contributed by atoms with Gasteiger partial charge in [-0.3, -0.25) is 4.79 Å². The highest BCUT2D eigenvalue weighted by molar-refractivity contribution is 5.70. The van der Waals surface area contributed by atoms with Crippen LogP contribution < -0.4 is 4.90 Å². The Kier molecular flexibility index (Phi) is 5.09. The predicted octanol–water partition coefficient (Wildman–Crippen LogP) is 3.26. The molecular weight excluding hydrogens is 283 g/mol. The molecule has 1 heterocycles. The van der Waals surface area contributed by atoms with Crippen molar-refractivity contribution in [3.8, 4) is 0 Å². The van der Waals surface area contributed by atoms with E-state index in [2.05, 4.69) is 4.98 Å². The molecule has 2 aromatic rings. The fourth-order valence-electron chi connectivity index (χ4n) is 2.15. The highest BCUT2D eigenvalue weighted by Crippen LogP contribution is 2.17. The van der Waals surface area contributed by atoms with Crippen molar-refractivity contribution >= 4 is 11.8 Å². The Morgan fingerprint density at radius 2 is 2.14 bits per heavy atom. The van der Waals surface area contributed by atoms with Crippen molar-refractivity contribution in [2.45, 2.75) is 20.4 Å². The minimum atomic E-state index is -0.864. The molecule has 0 amide bonds. The molecule has 0 saturated carbocycles. The van der Waals surface area contributed by atoms with Crippen molar-refractivity contribution in [3.63, 3.8) is 0 Å². The van der Waals surface area contributed by atoms with Crippen molar-refractivity contribution < 1.29 is 14.3 Å². The molecule has 0 aliphatic heterocycles. The molecule has 0 bridgehead atoms. The van der Waals surface area contributed by atoms with E-state index in [1.54, 1.807) is 19.2 Å². The van der Waals surface area contributed by atoms with Gasteiger partial charge in [0.1, 0.15) is 11.6 Å². The zero-order chi connectivity index (χ0) is 16.1. The molecule has 0 aliphatic rings. The number of hydrogen-bond donors (Lipinski definition) is 1. The Labute approximate surface area is 129 Å². The van der Waals surface area contributed by atoms with E-state index >= 15 is 0 Å². The molecule has 116 valence electrons. The van der Waals surface area contributed by atoms with E-state index in [0.29, 0.717) is 18.9 Å². The molecule has 1 atom stereocenters. The maximum Gasteiger partial charge on any atom is 0.308 e. The molecule has 0 radical (unpaired) electrons. The number of benzene rings is 1. The van der Waals surface area contributed by atoms with E-state index in [1.165, 1.54) is 12.1 Å². The van der Waals surface area contributed by atoms with Gasteiger partial charge in [-0.25, -0.2) is 9.37 Å². The smallest absolute Gasteiger partial charge is 0.308 e. The summed E-state index contributed by atoms with van der Waals surface area (Å²) in [4.78, 5) is 17.3. The predicted molar refractivity (Wildman–Crippen MR) is 83.2 cm³/mol. The minimum Gasteiger partial charge on any atom is -0.481 e. The van der Waals surface area contributed by atoms with Gasteiger partial charge in [0.2, 0.25) is 0 Å². The number of carboxylic acids is 1. The van der Waals surface area contributed by atoms with Gasteiger partial charge < -0.3 is 10.0 Å². The normalized spacial score (nSPS) is 12.0. The number of nitrogens with zero attached hydrogens (tertiary/aromatic N) is 2. The fourth-order valence-corrected chi connectivity index (χ4v) is 2.15. The van der Waals surface area contributed by atoms with Crippen LogP contribution in [0.1, 0.15) is 18.1 Å². The second-order valence-corrected chi connectivity index (χ2v) is 5.44. The summed E-state index contributed by atoms with van der Waals surface area (Å²) in [5, 5.41) is 9.13. The first-order valence-electron chi connectivity index (χ1n) is 7.10. The van der Waals surface area contributed by atoms with Crippen LogP contribution in [-0.2, 0) is 11.3 Å². The third-order valence-electron chi connectivity index (χ3n) is 3.40. The van der Waals surface area contributed by atoms with Crippen molar-refractivity contribution in [1.29, 1.82) is 0 Å². The lowest BCUT2D eigenvalue weighted by Crippen LogP contribution is -2.32. The Morgan fingerprint density at radius 3 is 2.73 bits per heavy atom. The Hall–Kier alpha value is -2.43. The highest BCUT2D eigenvalue weighted by atomic mass is 19.1. The number of carbonyl (C=O) groups is 1. The molecule has 0 fully saturated rings. The van der Waals surface area contributed by atoms with Crippen LogP contribution in [0.15, 0.2) is 42.6 Å². The van der Waals surface area contributed by atoms with Crippen molar-refractivity contribution in [2.24, 2.45) is 5.92 Å². The SMILES string of the molecule is Cc1ccc(N(Cc2cccc(F)c2)CC(C)C(=O)O)nc1. The Morgan fingerprint density at radius 1 is 1.36 bits per heavy atom. The molecule has 0 aliphatic carbocycles. The summed E-state index contributed by atoms with van der Waals surface area (Å²) < 4.78 is 13.3. The van der Waals surface area contributed by atoms with Crippen LogP contribution in [0.3, 0.4) is 0 Å². The van der Waals surface area contributed by atoms with Crippen LogP contribution in [0.5, 0.6) is 0 Å². The number of rotatable bonds is 6. The van der Waals surface area contributed by atoms with E-state index in [-0.39, 0.29) is 5.82 Å². The molecular formula is C17H19FN2O2. The van der Waals surface area contributed by atoms with Gasteiger partial charge in [0.05, 0.1) is 5.92 Å². The van der Waals surface area contributed by atoms with Crippen molar-refractivity contribution in [3.05, 3.63) is 59.5 Å². The first kappa shape index (κ1) is 15.9. The molecule has 22 heavy (non-hydrogen) atoms. The van der Waals surface area contributed by atoms with Gasteiger partial charge in [0, 0.05) is 19.3 Å². The molecule has 0 spiro atoms. The molecule has 1 aromatic heterocycles. The van der Waals surface area contributed by atoms with E-state index in [9.17, 15) is 9.18 Å². The maximum absolute atomic E-state index is 13.3. The topological polar surface area (TPSA) is 53.4 Å². The monoisotopic (exact) mass is 302 g/mol. The summed E-state index contributed by atoms with van der Waals surface area (Å²) in [5.74, 6) is -1.03. The van der Waals surface area contributed by atoms with Crippen molar-refractivity contribution in [1.82, 2.24) is 4.98 Å². The van der Waals surface area contributed by atoms with Gasteiger partial charge in [-0.05, 0) is 36.2 Å². The van der Waals surface area contributed by atoms with Gasteiger partial charge in [-0.2, -0.15) is 0 Å². The molecule has 0 saturated heterocycles. The molecule has 1 aromatic carbocycles. The van der Waals surface area contributed by atoms with Crippen LogP contribution >= 0.6 is 0 Å². The molecule has 1 N–H and O–H groups in total. The quantitative estimate of drug-likeness (QED) is 0.890. The number of anilines is 1. The van der Waals surface area contributed by atoms with Crippen LogP contribution in [-0.4, -0.2) is 22.6 Å². The first-order chi connectivity index (χ1) is 10.5. The fraction of sp³-hybridized carbons (Fsp3) is 0.294. The average Bonchev–Trinajstić information content (AvgIpc) is 2.47. The van der Waals surface area contributed by atoms with Crippen LogP contribution in [0.25, 0.3) is 0 Å². The van der Waals surface area contributed by atoms with Crippen molar-refractivity contribution in [2.75, 3.05) is 11.4 Å². The molecule has 2 rings (SSSR count). The number of aliphatic carboxylic acids is 1. The number of aryl methyl sites for hydroxylation is 1. The average molecular weight is 302 g/mol. The van der Waals surface area contributed by atoms with Crippen LogP contribution in [0.2, 0.25) is 0 Å². The molecule has 1 unspecified atom stereocenters. The maximum atomic E-state index is 13.3.